The Morgan fingerprint density at radius 1 is 1.30 bits per heavy atom. The van der Waals surface area contributed by atoms with E-state index >= 15 is 0 Å². The second kappa shape index (κ2) is 7.71. The number of methoxy groups -OCH3 is 1. The minimum absolute atomic E-state index is 0. The van der Waals surface area contributed by atoms with Gasteiger partial charge in [0.15, 0.2) is 5.96 Å². The van der Waals surface area contributed by atoms with Crippen LogP contribution in [0.1, 0.15) is 25.8 Å². The van der Waals surface area contributed by atoms with Gasteiger partial charge in [-0.05, 0) is 24.1 Å². The summed E-state index contributed by atoms with van der Waals surface area (Å²) in [6.07, 6.45) is 1.12. The Morgan fingerprint density at radius 2 is 2.00 bits per heavy atom. The maximum Gasteiger partial charge on any atom is 0.191 e. The van der Waals surface area contributed by atoms with Crippen LogP contribution in [-0.2, 0) is 5.41 Å². The van der Waals surface area contributed by atoms with Gasteiger partial charge in [-0.2, -0.15) is 0 Å². The van der Waals surface area contributed by atoms with Crippen LogP contribution in [0.4, 0.5) is 0 Å². The van der Waals surface area contributed by atoms with Crippen LogP contribution >= 0.6 is 24.0 Å². The molecule has 0 atom stereocenters. The maximum atomic E-state index is 5.19. The number of halogens is 1. The number of nitrogens with zero attached hydrogens (tertiary/aromatic N) is 1. The molecule has 0 saturated carbocycles. The van der Waals surface area contributed by atoms with Crippen molar-refractivity contribution < 1.29 is 4.74 Å². The molecule has 20 heavy (non-hydrogen) atoms. The van der Waals surface area contributed by atoms with Crippen molar-refractivity contribution in [2.45, 2.75) is 25.7 Å². The summed E-state index contributed by atoms with van der Waals surface area (Å²) in [6, 6.07) is 8.26. The first-order valence-corrected chi connectivity index (χ1v) is 6.78. The zero-order valence-corrected chi connectivity index (χ0v) is 14.7. The molecule has 0 unspecified atom stereocenters. The number of benzene rings is 1. The highest BCUT2D eigenvalue weighted by Gasteiger charge is 2.21. The van der Waals surface area contributed by atoms with E-state index in [2.05, 4.69) is 41.6 Å². The number of nitrogens with one attached hydrogen (secondary N) is 2. The van der Waals surface area contributed by atoms with Gasteiger partial charge in [-0.1, -0.05) is 26.0 Å². The number of ether oxygens (including phenoxy) is 1. The molecule has 0 amide bonds. The molecule has 0 spiro atoms. The smallest absolute Gasteiger partial charge is 0.191 e. The molecule has 0 aromatic heterocycles. The van der Waals surface area contributed by atoms with Gasteiger partial charge in [0.25, 0.3) is 0 Å². The number of hydrogen-bond acceptors (Lipinski definition) is 4. The molecule has 0 aliphatic carbocycles. The first-order valence-electron chi connectivity index (χ1n) is 6.78. The summed E-state index contributed by atoms with van der Waals surface area (Å²) in [5, 5.41) is 6.68. The summed E-state index contributed by atoms with van der Waals surface area (Å²) in [7, 11) is 1.69. The summed E-state index contributed by atoms with van der Waals surface area (Å²) in [5.74, 6) is 1.82. The molecule has 112 valence electrons. The van der Waals surface area contributed by atoms with Crippen LogP contribution in [0.25, 0.3) is 0 Å². The van der Waals surface area contributed by atoms with Crippen molar-refractivity contribution in [1.29, 1.82) is 0 Å². The predicted molar refractivity (Wildman–Crippen MR) is 94.4 cm³/mol. The van der Waals surface area contributed by atoms with E-state index in [-0.39, 0.29) is 29.4 Å². The van der Waals surface area contributed by atoms with E-state index in [1.165, 1.54) is 5.56 Å². The van der Waals surface area contributed by atoms with E-state index in [1.807, 2.05) is 12.1 Å². The lowest BCUT2D eigenvalue weighted by Gasteiger charge is -2.27. The molecule has 0 fully saturated rings. The van der Waals surface area contributed by atoms with Crippen molar-refractivity contribution in [1.82, 2.24) is 10.6 Å². The number of hydrogen-bond donors (Lipinski definition) is 2. The monoisotopic (exact) mass is 389 g/mol. The summed E-state index contributed by atoms with van der Waals surface area (Å²) < 4.78 is 5.19. The van der Waals surface area contributed by atoms with E-state index in [9.17, 15) is 0 Å². The second-order valence-corrected chi connectivity index (χ2v) is 5.48. The van der Waals surface area contributed by atoms with Gasteiger partial charge in [-0.15, -0.1) is 24.0 Å². The van der Waals surface area contributed by atoms with Crippen molar-refractivity contribution >= 4 is 29.9 Å². The van der Waals surface area contributed by atoms with Crippen LogP contribution in [0.15, 0.2) is 29.3 Å². The standard InChI is InChI=1S/C15H23N3O.HI/c1-15(2,11-18-14-16-9-4-10-17-14)12-5-7-13(19-3)8-6-12;/h5-8H,4,9-11H2,1-3H3,(H2,16,17,18);1H. The summed E-state index contributed by atoms with van der Waals surface area (Å²) in [5.41, 5.74) is 1.34. The Labute approximate surface area is 138 Å². The van der Waals surface area contributed by atoms with Gasteiger partial charge < -0.3 is 15.4 Å². The van der Waals surface area contributed by atoms with E-state index in [0.717, 1.165) is 37.8 Å². The Hall–Kier alpha value is -0.980. The lowest BCUT2D eigenvalue weighted by atomic mass is 9.84. The Bertz CT molecular complexity index is 443. The Balaban J connectivity index is 0.00000200. The molecule has 2 rings (SSSR count). The minimum Gasteiger partial charge on any atom is -0.497 e. The molecule has 5 heteroatoms. The number of guanidine groups is 1. The molecule has 1 heterocycles. The van der Waals surface area contributed by atoms with Gasteiger partial charge in [-0.25, -0.2) is 0 Å². The van der Waals surface area contributed by atoms with E-state index in [1.54, 1.807) is 7.11 Å². The van der Waals surface area contributed by atoms with Gasteiger partial charge in [0, 0.05) is 25.0 Å². The molecule has 1 aliphatic rings. The van der Waals surface area contributed by atoms with Crippen LogP contribution in [0, 0.1) is 0 Å². The fraction of sp³-hybridized carbons (Fsp3) is 0.533. The van der Waals surface area contributed by atoms with Gasteiger partial charge >= 0.3 is 0 Å². The molecule has 4 nitrogen and oxygen atoms in total. The molecule has 0 radical (unpaired) electrons. The van der Waals surface area contributed by atoms with Crippen molar-refractivity contribution in [3.63, 3.8) is 0 Å². The largest absolute Gasteiger partial charge is 0.497 e. The summed E-state index contributed by atoms with van der Waals surface area (Å²) in [4.78, 5) is 4.43. The molecule has 1 aliphatic heterocycles. The summed E-state index contributed by atoms with van der Waals surface area (Å²) >= 11 is 0. The number of aliphatic imine (C=N–C) groups is 1. The minimum atomic E-state index is 0. The topological polar surface area (TPSA) is 45.6 Å². The van der Waals surface area contributed by atoms with Gasteiger partial charge in [0.1, 0.15) is 5.75 Å². The third-order valence-corrected chi connectivity index (χ3v) is 3.47. The van der Waals surface area contributed by atoms with Gasteiger partial charge in [-0.3, -0.25) is 4.99 Å². The third kappa shape index (κ3) is 4.54. The van der Waals surface area contributed by atoms with E-state index < -0.39 is 0 Å². The molecule has 2 N–H and O–H groups in total. The maximum absolute atomic E-state index is 5.19. The molecular formula is C15H24IN3O. The molecule has 1 aromatic rings. The molecule has 0 saturated heterocycles. The third-order valence-electron chi connectivity index (χ3n) is 3.47. The van der Waals surface area contributed by atoms with E-state index in [4.69, 9.17) is 4.74 Å². The normalized spacial score (nSPS) is 14.7. The average molecular weight is 389 g/mol. The summed E-state index contributed by atoms with van der Waals surface area (Å²) in [6.45, 7) is 7.23. The van der Waals surface area contributed by atoms with Gasteiger partial charge in [0.05, 0.1) is 7.11 Å². The van der Waals surface area contributed by atoms with Crippen LogP contribution in [0.2, 0.25) is 0 Å². The van der Waals surface area contributed by atoms with Gasteiger partial charge in [0.2, 0.25) is 0 Å². The molecular weight excluding hydrogens is 365 g/mol. The predicted octanol–water partition coefficient (Wildman–Crippen LogP) is 2.53. The fourth-order valence-electron chi connectivity index (χ4n) is 2.10. The van der Waals surface area contributed by atoms with Crippen molar-refractivity contribution in [3.05, 3.63) is 29.8 Å². The van der Waals surface area contributed by atoms with E-state index in [0.29, 0.717) is 0 Å². The van der Waals surface area contributed by atoms with Crippen LogP contribution in [-0.4, -0.2) is 32.7 Å². The first kappa shape index (κ1) is 17.1. The van der Waals surface area contributed by atoms with Crippen molar-refractivity contribution in [2.75, 3.05) is 26.7 Å². The lowest BCUT2D eigenvalue weighted by Crippen LogP contribution is -2.45. The molecule has 1 aromatic carbocycles. The first-order chi connectivity index (χ1) is 9.12. The quantitative estimate of drug-likeness (QED) is 0.779. The highest BCUT2D eigenvalue weighted by molar-refractivity contribution is 14.0. The zero-order valence-electron chi connectivity index (χ0n) is 12.4. The Kier molecular flexibility index (Phi) is 6.58. The zero-order chi connectivity index (χ0) is 13.7. The fourth-order valence-corrected chi connectivity index (χ4v) is 2.10. The SMILES string of the molecule is COc1ccc(C(C)(C)CNC2=NCCCN2)cc1.I. The average Bonchev–Trinajstić information content (AvgIpc) is 2.46. The highest BCUT2D eigenvalue weighted by Crippen LogP contribution is 2.24. The van der Waals surface area contributed by atoms with Crippen LogP contribution in [0.5, 0.6) is 5.75 Å². The Morgan fingerprint density at radius 3 is 2.55 bits per heavy atom. The van der Waals surface area contributed by atoms with Crippen molar-refractivity contribution in [3.8, 4) is 5.75 Å². The lowest BCUT2D eigenvalue weighted by molar-refractivity contribution is 0.414. The second-order valence-electron chi connectivity index (χ2n) is 5.48. The number of rotatable bonds is 4. The molecule has 0 bridgehead atoms. The van der Waals surface area contributed by atoms with Crippen LogP contribution < -0.4 is 15.4 Å². The highest BCUT2D eigenvalue weighted by atomic mass is 127. The van der Waals surface area contributed by atoms with Crippen LogP contribution in [0.3, 0.4) is 0 Å². The van der Waals surface area contributed by atoms with Crippen molar-refractivity contribution in [2.24, 2.45) is 4.99 Å².